The Kier molecular flexibility index (Phi) is 2.60. The average Bonchev–Trinajstić information content (AvgIpc) is 2.17. The van der Waals surface area contributed by atoms with Crippen LogP contribution in [0.2, 0.25) is 10.0 Å². The zero-order chi connectivity index (χ0) is 10.3. The first-order valence-electron chi connectivity index (χ1n) is 4.54. The van der Waals surface area contributed by atoms with Crippen LogP contribution in [0.4, 0.5) is 0 Å². The highest BCUT2D eigenvalue weighted by Crippen LogP contribution is 2.40. The SMILES string of the molecule is CC1NCCc2c1cc(Cl)c(O)c2Cl. The van der Waals surface area contributed by atoms with Gasteiger partial charge < -0.3 is 10.4 Å². The Morgan fingerprint density at radius 1 is 1.50 bits per heavy atom. The number of phenolic OH excluding ortho intramolecular Hbond substituents is 1. The molecule has 1 aromatic carbocycles. The fraction of sp³-hybridized carbons (Fsp3) is 0.400. The van der Waals surface area contributed by atoms with Gasteiger partial charge in [0, 0.05) is 6.04 Å². The molecule has 1 atom stereocenters. The van der Waals surface area contributed by atoms with Gasteiger partial charge in [-0.15, -0.1) is 0 Å². The number of phenols is 1. The van der Waals surface area contributed by atoms with Crippen molar-refractivity contribution >= 4 is 23.2 Å². The van der Waals surface area contributed by atoms with Crippen LogP contribution in [0.1, 0.15) is 24.1 Å². The van der Waals surface area contributed by atoms with E-state index in [2.05, 4.69) is 12.2 Å². The van der Waals surface area contributed by atoms with Gasteiger partial charge in [-0.05, 0) is 37.1 Å². The van der Waals surface area contributed by atoms with Gasteiger partial charge in [0.1, 0.15) is 0 Å². The van der Waals surface area contributed by atoms with E-state index in [1.54, 1.807) is 6.07 Å². The van der Waals surface area contributed by atoms with Gasteiger partial charge >= 0.3 is 0 Å². The number of hydrogen-bond donors (Lipinski definition) is 2. The van der Waals surface area contributed by atoms with E-state index in [1.165, 1.54) is 0 Å². The van der Waals surface area contributed by atoms with Crippen LogP contribution < -0.4 is 5.32 Å². The molecule has 1 aliphatic rings. The summed E-state index contributed by atoms with van der Waals surface area (Å²) in [7, 11) is 0. The van der Waals surface area contributed by atoms with E-state index in [0.29, 0.717) is 10.0 Å². The summed E-state index contributed by atoms with van der Waals surface area (Å²) in [6.45, 7) is 2.94. The highest BCUT2D eigenvalue weighted by atomic mass is 35.5. The minimum atomic E-state index is 0.00110. The minimum Gasteiger partial charge on any atom is -0.505 e. The Morgan fingerprint density at radius 3 is 2.93 bits per heavy atom. The van der Waals surface area contributed by atoms with Crippen LogP contribution in [-0.2, 0) is 6.42 Å². The van der Waals surface area contributed by atoms with Gasteiger partial charge in [-0.3, -0.25) is 0 Å². The van der Waals surface area contributed by atoms with Gasteiger partial charge in [-0.1, -0.05) is 23.2 Å². The average molecular weight is 232 g/mol. The molecule has 1 aliphatic heterocycles. The van der Waals surface area contributed by atoms with Crippen LogP contribution in [0.5, 0.6) is 5.75 Å². The monoisotopic (exact) mass is 231 g/mol. The van der Waals surface area contributed by atoms with Crippen molar-refractivity contribution in [1.29, 1.82) is 0 Å². The van der Waals surface area contributed by atoms with Crippen molar-refractivity contribution in [2.24, 2.45) is 0 Å². The van der Waals surface area contributed by atoms with Crippen molar-refractivity contribution in [2.45, 2.75) is 19.4 Å². The Bertz CT molecular complexity index is 379. The van der Waals surface area contributed by atoms with Crippen molar-refractivity contribution < 1.29 is 5.11 Å². The molecule has 1 heterocycles. The predicted octanol–water partition coefficient (Wildman–Crippen LogP) is 2.91. The number of aromatic hydroxyl groups is 1. The highest BCUT2D eigenvalue weighted by Gasteiger charge is 2.21. The number of rotatable bonds is 0. The van der Waals surface area contributed by atoms with Gasteiger partial charge in [0.15, 0.2) is 5.75 Å². The zero-order valence-electron chi connectivity index (χ0n) is 7.77. The quantitative estimate of drug-likeness (QED) is 0.720. The Balaban J connectivity index is 2.63. The van der Waals surface area contributed by atoms with Gasteiger partial charge in [0.25, 0.3) is 0 Å². The lowest BCUT2D eigenvalue weighted by Gasteiger charge is -2.25. The van der Waals surface area contributed by atoms with E-state index in [1.807, 2.05) is 0 Å². The van der Waals surface area contributed by atoms with Crippen LogP contribution in [-0.4, -0.2) is 11.7 Å². The third-order valence-electron chi connectivity index (χ3n) is 2.62. The molecule has 2 rings (SSSR count). The molecule has 0 spiro atoms. The molecule has 0 amide bonds. The maximum absolute atomic E-state index is 9.56. The zero-order valence-corrected chi connectivity index (χ0v) is 9.28. The third kappa shape index (κ3) is 1.48. The molecule has 0 bridgehead atoms. The van der Waals surface area contributed by atoms with Gasteiger partial charge in [0.2, 0.25) is 0 Å². The van der Waals surface area contributed by atoms with E-state index < -0.39 is 0 Å². The van der Waals surface area contributed by atoms with E-state index in [9.17, 15) is 5.11 Å². The first kappa shape index (κ1) is 10.1. The molecule has 1 unspecified atom stereocenters. The molecular formula is C10H11Cl2NO. The molecule has 0 saturated heterocycles. The second kappa shape index (κ2) is 3.61. The maximum atomic E-state index is 9.56. The molecule has 14 heavy (non-hydrogen) atoms. The van der Waals surface area contributed by atoms with Crippen molar-refractivity contribution in [3.8, 4) is 5.75 Å². The lowest BCUT2D eigenvalue weighted by Crippen LogP contribution is -2.27. The van der Waals surface area contributed by atoms with Crippen LogP contribution in [0.25, 0.3) is 0 Å². The highest BCUT2D eigenvalue weighted by molar-refractivity contribution is 6.37. The second-order valence-corrected chi connectivity index (χ2v) is 4.30. The largest absolute Gasteiger partial charge is 0.505 e. The summed E-state index contributed by atoms with van der Waals surface area (Å²) in [4.78, 5) is 0. The Labute approximate surface area is 92.8 Å². The summed E-state index contributed by atoms with van der Waals surface area (Å²) in [6.07, 6.45) is 0.837. The summed E-state index contributed by atoms with van der Waals surface area (Å²) < 4.78 is 0. The standard InChI is InChI=1S/C10H11Cl2NO/c1-5-7-4-8(11)10(14)9(12)6(7)2-3-13-5/h4-5,13-14H,2-3H2,1H3. The van der Waals surface area contributed by atoms with E-state index in [0.717, 1.165) is 24.1 Å². The van der Waals surface area contributed by atoms with Crippen LogP contribution in [0, 0.1) is 0 Å². The van der Waals surface area contributed by atoms with Gasteiger partial charge in [-0.25, -0.2) is 0 Å². The smallest absolute Gasteiger partial charge is 0.153 e. The molecule has 76 valence electrons. The first-order valence-corrected chi connectivity index (χ1v) is 5.30. The summed E-state index contributed by atoms with van der Waals surface area (Å²) in [5.74, 6) is 0.00110. The third-order valence-corrected chi connectivity index (χ3v) is 3.32. The Hall–Kier alpha value is -0.440. The maximum Gasteiger partial charge on any atom is 0.153 e. The lowest BCUT2D eigenvalue weighted by molar-refractivity contribution is 0.471. The summed E-state index contributed by atoms with van der Waals surface area (Å²) in [6, 6.07) is 2.03. The minimum absolute atomic E-state index is 0.00110. The molecule has 0 aromatic heterocycles. The van der Waals surface area contributed by atoms with E-state index >= 15 is 0 Å². The molecular weight excluding hydrogens is 221 g/mol. The van der Waals surface area contributed by atoms with Crippen molar-refractivity contribution in [3.63, 3.8) is 0 Å². The van der Waals surface area contributed by atoms with Crippen molar-refractivity contribution in [2.75, 3.05) is 6.54 Å². The molecule has 2 nitrogen and oxygen atoms in total. The summed E-state index contributed by atoms with van der Waals surface area (Å²) in [5.41, 5.74) is 2.10. The molecule has 0 aliphatic carbocycles. The number of hydrogen-bond acceptors (Lipinski definition) is 2. The predicted molar refractivity (Wildman–Crippen MR) is 58.2 cm³/mol. The van der Waals surface area contributed by atoms with Crippen LogP contribution >= 0.6 is 23.2 Å². The van der Waals surface area contributed by atoms with E-state index in [4.69, 9.17) is 23.2 Å². The molecule has 0 fully saturated rings. The first-order chi connectivity index (χ1) is 6.61. The van der Waals surface area contributed by atoms with Gasteiger partial charge in [-0.2, -0.15) is 0 Å². The normalized spacial score (nSPS) is 20.6. The molecule has 0 radical (unpaired) electrons. The molecule has 0 saturated carbocycles. The fourth-order valence-corrected chi connectivity index (χ4v) is 2.40. The lowest BCUT2D eigenvalue weighted by atomic mass is 9.95. The summed E-state index contributed by atoms with van der Waals surface area (Å²) >= 11 is 11.9. The van der Waals surface area contributed by atoms with Crippen molar-refractivity contribution in [1.82, 2.24) is 5.32 Å². The van der Waals surface area contributed by atoms with Gasteiger partial charge in [0.05, 0.1) is 10.0 Å². The number of halogens is 2. The fourth-order valence-electron chi connectivity index (χ4n) is 1.83. The number of nitrogens with one attached hydrogen (secondary N) is 1. The molecule has 4 heteroatoms. The molecule has 1 aromatic rings. The topological polar surface area (TPSA) is 32.3 Å². The van der Waals surface area contributed by atoms with E-state index in [-0.39, 0.29) is 11.8 Å². The molecule has 2 N–H and O–H groups in total. The Morgan fingerprint density at radius 2 is 2.21 bits per heavy atom. The number of benzene rings is 1. The second-order valence-electron chi connectivity index (χ2n) is 3.51. The summed E-state index contributed by atoms with van der Waals surface area (Å²) in [5, 5.41) is 13.6. The van der Waals surface area contributed by atoms with Crippen molar-refractivity contribution in [3.05, 3.63) is 27.2 Å². The number of fused-ring (bicyclic) bond motifs is 1. The van der Waals surface area contributed by atoms with Crippen LogP contribution in [0.3, 0.4) is 0 Å². The van der Waals surface area contributed by atoms with Crippen LogP contribution in [0.15, 0.2) is 6.07 Å².